The van der Waals surface area contributed by atoms with Crippen molar-refractivity contribution < 1.29 is 4.79 Å². The number of carbonyl (C=O) groups is 1. The van der Waals surface area contributed by atoms with E-state index in [1.54, 1.807) is 12.1 Å². The molecule has 0 aliphatic heterocycles. The number of anilines is 1. The average molecular weight is 308 g/mol. The van der Waals surface area contributed by atoms with Gasteiger partial charge in [0.2, 0.25) is 0 Å². The summed E-state index contributed by atoms with van der Waals surface area (Å²) in [5, 5.41) is 3.09. The van der Waals surface area contributed by atoms with Crippen LogP contribution in [-0.4, -0.2) is 10.9 Å². The van der Waals surface area contributed by atoms with E-state index in [2.05, 4.69) is 10.3 Å². The third-order valence-electron chi connectivity index (χ3n) is 1.87. The first-order chi connectivity index (χ1) is 8.06. The van der Waals surface area contributed by atoms with Gasteiger partial charge in [-0.25, -0.2) is 4.98 Å². The maximum absolute atomic E-state index is 11.8. The molecule has 0 aromatic carbocycles. The second-order valence-corrected chi connectivity index (χ2v) is 5.78. The Labute approximate surface area is 116 Å². The van der Waals surface area contributed by atoms with Gasteiger partial charge in [0, 0.05) is 6.20 Å². The third kappa shape index (κ3) is 3.10. The Morgan fingerprint density at radius 2 is 2.06 bits per heavy atom. The third-order valence-corrected chi connectivity index (χ3v) is 3.58. The number of aromatic nitrogens is 1. The molecule has 0 unspecified atom stereocenters. The van der Waals surface area contributed by atoms with Gasteiger partial charge in [0.15, 0.2) is 0 Å². The molecule has 0 saturated heterocycles. The van der Waals surface area contributed by atoms with Crippen LogP contribution < -0.4 is 5.32 Å². The average Bonchev–Trinajstić information content (AvgIpc) is 2.61. The fraction of sp³-hybridized carbons (Fsp3) is 0. The van der Waals surface area contributed by atoms with Crippen LogP contribution in [0, 0.1) is 0 Å². The van der Waals surface area contributed by atoms with Gasteiger partial charge in [-0.15, -0.1) is 11.3 Å². The number of amides is 1. The lowest BCUT2D eigenvalue weighted by atomic mass is 10.3. The predicted octanol–water partition coefficient (Wildman–Crippen LogP) is 4.36. The fourth-order valence-electron chi connectivity index (χ4n) is 1.13. The lowest BCUT2D eigenvalue weighted by Gasteiger charge is -2.02. The molecule has 0 fully saturated rings. The summed E-state index contributed by atoms with van der Waals surface area (Å²) in [6.07, 6.45) is 1.44. The zero-order valence-corrected chi connectivity index (χ0v) is 11.3. The van der Waals surface area contributed by atoms with Gasteiger partial charge < -0.3 is 5.32 Å². The van der Waals surface area contributed by atoms with Crippen LogP contribution in [-0.2, 0) is 0 Å². The minimum Gasteiger partial charge on any atom is -0.306 e. The highest BCUT2D eigenvalue weighted by Gasteiger charge is 2.14. The van der Waals surface area contributed by atoms with Crippen molar-refractivity contribution in [2.75, 3.05) is 5.32 Å². The van der Waals surface area contributed by atoms with Crippen LogP contribution in [0.5, 0.6) is 0 Å². The van der Waals surface area contributed by atoms with Crippen LogP contribution in [0.25, 0.3) is 0 Å². The van der Waals surface area contributed by atoms with E-state index < -0.39 is 0 Å². The minimum absolute atomic E-state index is 0.332. The van der Waals surface area contributed by atoms with Crippen LogP contribution in [0.15, 0.2) is 24.4 Å². The van der Waals surface area contributed by atoms with E-state index in [1.165, 1.54) is 12.3 Å². The van der Waals surface area contributed by atoms with Gasteiger partial charge in [0.05, 0.1) is 14.9 Å². The van der Waals surface area contributed by atoms with E-state index in [0.717, 1.165) is 11.3 Å². The Bertz CT molecular complexity index is 553. The highest BCUT2D eigenvalue weighted by atomic mass is 35.5. The maximum atomic E-state index is 11.8. The van der Waals surface area contributed by atoms with E-state index in [0.29, 0.717) is 25.1 Å². The number of nitrogens with one attached hydrogen (secondary N) is 1. The van der Waals surface area contributed by atoms with E-state index in [1.807, 2.05) is 0 Å². The van der Waals surface area contributed by atoms with Crippen molar-refractivity contribution in [2.24, 2.45) is 0 Å². The molecule has 88 valence electrons. The molecule has 2 rings (SSSR count). The van der Waals surface area contributed by atoms with Crippen molar-refractivity contribution in [3.63, 3.8) is 0 Å². The summed E-state index contributed by atoms with van der Waals surface area (Å²) in [4.78, 5) is 15.8. The molecule has 2 aromatic heterocycles. The van der Waals surface area contributed by atoms with Crippen LogP contribution in [0.1, 0.15) is 10.4 Å². The van der Waals surface area contributed by atoms with E-state index in [4.69, 9.17) is 34.8 Å². The van der Waals surface area contributed by atoms with Gasteiger partial charge in [-0.1, -0.05) is 34.8 Å². The topological polar surface area (TPSA) is 42.0 Å². The second kappa shape index (κ2) is 5.23. The molecule has 2 heterocycles. The quantitative estimate of drug-likeness (QED) is 0.896. The van der Waals surface area contributed by atoms with Crippen LogP contribution >= 0.6 is 46.1 Å². The van der Waals surface area contributed by atoms with Crippen LogP contribution in [0.4, 0.5) is 5.82 Å². The van der Waals surface area contributed by atoms with Gasteiger partial charge in [0.1, 0.15) is 10.2 Å². The first kappa shape index (κ1) is 12.6. The molecule has 0 aliphatic carbocycles. The van der Waals surface area contributed by atoms with Gasteiger partial charge in [-0.05, 0) is 18.2 Å². The molecule has 0 aliphatic rings. The maximum Gasteiger partial charge on any atom is 0.259 e. The number of carbonyl (C=O) groups excluding carboxylic acids is 1. The Kier molecular flexibility index (Phi) is 3.89. The van der Waals surface area contributed by atoms with E-state index in [9.17, 15) is 4.79 Å². The molecule has 0 bridgehead atoms. The molecule has 7 heteroatoms. The minimum atomic E-state index is -0.354. The Morgan fingerprint density at radius 1 is 1.29 bits per heavy atom. The largest absolute Gasteiger partial charge is 0.306 e. The molecule has 2 aromatic rings. The number of halogens is 3. The molecule has 0 spiro atoms. The second-order valence-electron chi connectivity index (χ2n) is 3.05. The monoisotopic (exact) mass is 306 g/mol. The highest BCUT2D eigenvalue weighted by Crippen LogP contribution is 2.31. The van der Waals surface area contributed by atoms with Crippen LogP contribution in [0.3, 0.4) is 0 Å². The Balaban J connectivity index is 2.17. The summed E-state index contributed by atoms with van der Waals surface area (Å²) in [5.74, 6) is 0.0470. The standard InChI is InChI=1S/C10H5Cl3N2OS/c11-5-1-2-8(14-4-5)15-10(16)6-3-7(12)17-9(6)13/h1-4H,(H,14,15,16). The molecule has 1 N–H and O–H groups in total. The summed E-state index contributed by atoms with van der Waals surface area (Å²) >= 11 is 18.4. The lowest BCUT2D eigenvalue weighted by molar-refractivity contribution is 0.102. The zero-order chi connectivity index (χ0) is 12.4. The van der Waals surface area contributed by atoms with Crippen molar-refractivity contribution in [1.29, 1.82) is 0 Å². The van der Waals surface area contributed by atoms with Crippen molar-refractivity contribution in [3.05, 3.63) is 43.7 Å². The van der Waals surface area contributed by atoms with Crippen molar-refractivity contribution >= 4 is 57.9 Å². The molecular formula is C10H5Cl3N2OS. The number of pyridine rings is 1. The summed E-state index contributed by atoms with van der Waals surface area (Å²) < 4.78 is 0.811. The van der Waals surface area contributed by atoms with Crippen LogP contribution in [0.2, 0.25) is 13.7 Å². The predicted molar refractivity (Wildman–Crippen MR) is 71.5 cm³/mol. The normalized spacial score (nSPS) is 10.3. The first-order valence-electron chi connectivity index (χ1n) is 4.44. The fourth-order valence-corrected chi connectivity index (χ4v) is 2.70. The van der Waals surface area contributed by atoms with E-state index >= 15 is 0 Å². The first-order valence-corrected chi connectivity index (χ1v) is 6.39. The number of hydrogen-bond acceptors (Lipinski definition) is 3. The molecule has 17 heavy (non-hydrogen) atoms. The summed E-state index contributed by atoms with van der Waals surface area (Å²) in [6.45, 7) is 0. The summed E-state index contributed by atoms with van der Waals surface area (Å²) in [5.41, 5.74) is 0.332. The molecule has 0 saturated carbocycles. The molecule has 0 radical (unpaired) electrons. The van der Waals surface area contributed by atoms with Gasteiger partial charge in [0.25, 0.3) is 5.91 Å². The molecular weight excluding hydrogens is 303 g/mol. The van der Waals surface area contributed by atoms with Gasteiger partial charge in [-0.2, -0.15) is 0 Å². The molecule has 0 atom stereocenters. The van der Waals surface area contributed by atoms with Crippen molar-refractivity contribution in [3.8, 4) is 0 Å². The van der Waals surface area contributed by atoms with Gasteiger partial charge in [-0.3, -0.25) is 4.79 Å². The lowest BCUT2D eigenvalue weighted by Crippen LogP contribution is -2.12. The molecule has 1 amide bonds. The molecule has 3 nitrogen and oxygen atoms in total. The Morgan fingerprint density at radius 3 is 2.59 bits per heavy atom. The van der Waals surface area contributed by atoms with Crippen molar-refractivity contribution in [1.82, 2.24) is 4.98 Å². The number of nitrogens with zero attached hydrogens (tertiary/aromatic N) is 1. The number of rotatable bonds is 2. The highest BCUT2D eigenvalue weighted by molar-refractivity contribution is 7.20. The summed E-state index contributed by atoms with van der Waals surface area (Å²) in [7, 11) is 0. The number of hydrogen-bond donors (Lipinski definition) is 1. The van der Waals surface area contributed by atoms with Gasteiger partial charge >= 0.3 is 0 Å². The Hall–Kier alpha value is -0.810. The van der Waals surface area contributed by atoms with E-state index in [-0.39, 0.29) is 5.91 Å². The smallest absolute Gasteiger partial charge is 0.259 e. The van der Waals surface area contributed by atoms with Crippen molar-refractivity contribution in [2.45, 2.75) is 0 Å². The zero-order valence-electron chi connectivity index (χ0n) is 8.21. The summed E-state index contributed by atoms with van der Waals surface area (Å²) in [6, 6.07) is 4.74. The number of thiophene rings is 1. The SMILES string of the molecule is O=C(Nc1ccc(Cl)cn1)c1cc(Cl)sc1Cl.